The molecule has 2 aromatic rings. The molecule has 0 fully saturated rings. The van der Waals surface area contributed by atoms with Crippen molar-refractivity contribution in [3.05, 3.63) is 68.7 Å². The van der Waals surface area contributed by atoms with Crippen LogP contribution in [0.2, 0.25) is 10.0 Å². The van der Waals surface area contributed by atoms with Gasteiger partial charge in [-0.3, -0.25) is 0 Å². The van der Waals surface area contributed by atoms with Gasteiger partial charge in [0.1, 0.15) is 0 Å². The van der Waals surface area contributed by atoms with Crippen molar-refractivity contribution in [2.45, 2.75) is 32.8 Å². The molecule has 0 aliphatic carbocycles. The lowest BCUT2D eigenvalue weighted by molar-refractivity contribution is 0.175. The summed E-state index contributed by atoms with van der Waals surface area (Å²) in [5.41, 5.74) is 4.53. The van der Waals surface area contributed by atoms with Gasteiger partial charge in [-0.2, -0.15) is 0 Å². The summed E-state index contributed by atoms with van der Waals surface area (Å²) in [4.78, 5) is 0. The van der Waals surface area contributed by atoms with Crippen LogP contribution in [0.15, 0.2) is 36.4 Å². The topological polar surface area (TPSA) is 20.2 Å². The Morgan fingerprint density at radius 3 is 2.45 bits per heavy atom. The van der Waals surface area contributed by atoms with E-state index in [9.17, 15) is 5.11 Å². The zero-order valence-corrected chi connectivity index (χ0v) is 13.2. The van der Waals surface area contributed by atoms with Crippen LogP contribution in [-0.2, 0) is 12.8 Å². The van der Waals surface area contributed by atoms with Gasteiger partial charge in [0.25, 0.3) is 0 Å². The molecule has 0 aromatic heterocycles. The second kappa shape index (κ2) is 6.62. The molecule has 0 saturated carbocycles. The highest BCUT2D eigenvalue weighted by atomic mass is 35.5. The molecule has 3 heteroatoms. The van der Waals surface area contributed by atoms with E-state index in [2.05, 4.69) is 32.0 Å². The van der Waals surface area contributed by atoms with Crippen molar-refractivity contribution >= 4 is 23.2 Å². The van der Waals surface area contributed by atoms with Crippen LogP contribution in [0.3, 0.4) is 0 Å². The van der Waals surface area contributed by atoms with E-state index in [4.69, 9.17) is 23.2 Å². The molecule has 0 bridgehead atoms. The van der Waals surface area contributed by atoms with Gasteiger partial charge in [-0.1, -0.05) is 53.5 Å². The lowest BCUT2D eigenvalue weighted by Gasteiger charge is -2.13. The summed E-state index contributed by atoms with van der Waals surface area (Å²) in [6.45, 7) is 4.17. The fraction of sp³-hybridized carbons (Fsp3) is 0.294. The number of benzene rings is 2. The average molecular weight is 309 g/mol. The van der Waals surface area contributed by atoms with E-state index in [1.807, 2.05) is 12.1 Å². The first-order chi connectivity index (χ1) is 9.47. The third-order valence-corrected chi connectivity index (χ3v) is 4.39. The maximum Gasteiger partial charge on any atom is 0.0625 e. The molecule has 1 unspecified atom stereocenters. The molecule has 0 radical (unpaired) electrons. The van der Waals surface area contributed by atoms with Gasteiger partial charge < -0.3 is 5.11 Å². The molecule has 0 spiro atoms. The second-order valence-electron chi connectivity index (χ2n) is 5.19. The Hall–Kier alpha value is -1.02. The van der Waals surface area contributed by atoms with E-state index in [1.54, 1.807) is 6.07 Å². The van der Waals surface area contributed by atoms with Crippen LogP contribution in [0.25, 0.3) is 0 Å². The normalized spacial score (nSPS) is 12.4. The Balaban J connectivity index is 2.07. The molecule has 2 rings (SSSR count). The molecule has 0 aliphatic rings. The summed E-state index contributed by atoms with van der Waals surface area (Å²) < 4.78 is 0. The first-order valence-corrected chi connectivity index (χ1v) is 7.40. The fourth-order valence-electron chi connectivity index (χ4n) is 2.23. The van der Waals surface area contributed by atoms with Gasteiger partial charge in [-0.25, -0.2) is 0 Å². The highest BCUT2D eigenvalue weighted by Crippen LogP contribution is 2.26. The van der Waals surface area contributed by atoms with Crippen LogP contribution in [0.4, 0.5) is 0 Å². The van der Waals surface area contributed by atoms with Gasteiger partial charge in [-0.15, -0.1) is 0 Å². The molecule has 1 nitrogen and oxygen atoms in total. The minimum atomic E-state index is -0.465. The molecule has 0 amide bonds. The van der Waals surface area contributed by atoms with Crippen molar-refractivity contribution in [3.8, 4) is 0 Å². The summed E-state index contributed by atoms with van der Waals surface area (Å²) in [5, 5.41) is 11.3. The number of aryl methyl sites for hydroxylation is 2. The standard InChI is InChI=1S/C17H18Cl2O/c1-11-6-7-13(8-12(11)2)9-15(20)10-14-4-3-5-16(18)17(14)19/h3-8,15,20H,9-10H2,1-2H3. The Bertz CT molecular complexity index is 608. The van der Waals surface area contributed by atoms with E-state index < -0.39 is 6.10 Å². The predicted octanol–water partition coefficient (Wildman–Crippen LogP) is 4.76. The smallest absolute Gasteiger partial charge is 0.0625 e. The van der Waals surface area contributed by atoms with Crippen molar-refractivity contribution in [2.75, 3.05) is 0 Å². The Morgan fingerprint density at radius 1 is 1.00 bits per heavy atom. The maximum atomic E-state index is 10.2. The first-order valence-electron chi connectivity index (χ1n) is 6.64. The lowest BCUT2D eigenvalue weighted by atomic mass is 9.98. The zero-order chi connectivity index (χ0) is 14.7. The number of aliphatic hydroxyl groups is 1. The first kappa shape index (κ1) is 15.4. The maximum absolute atomic E-state index is 10.2. The monoisotopic (exact) mass is 308 g/mol. The van der Waals surface area contributed by atoms with Gasteiger partial charge in [0.15, 0.2) is 0 Å². The molecule has 2 aromatic carbocycles. The van der Waals surface area contributed by atoms with E-state index >= 15 is 0 Å². The largest absolute Gasteiger partial charge is 0.392 e. The van der Waals surface area contributed by atoms with Crippen LogP contribution in [-0.4, -0.2) is 11.2 Å². The SMILES string of the molecule is Cc1ccc(CC(O)Cc2cccc(Cl)c2Cl)cc1C. The molecule has 1 atom stereocenters. The number of aliphatic hydroxyl groups excluding tert-OH is 1. The van der Waals surface area contributed by atoms with E-state index in [1.165, 1.54) is 11.1 Å². The molecule has 0 heterocycles. The summed E-state index contributed by atoms with van der Waals surface area (Å²) in [6.07, 6.45) is 0.657. The van der Waals surface area contributed by atoms with Crippen molar-refractivity contribution in [2.24, 2.45) is 0 Å². The van der Waals surface area contributed by atoms with Crippen LogP contribution in [0, 0.1) is 13.8 Å². The number of hydrogen-bond acceptors (Lipinski definition) is 1. The van der Waals surface area contributed by atoms with E-state index in [-0.39, 0.29) is 0 Å². The van der Waals surface area contributed by atoms with E-state index in [0.717, 1.165) is 11.1 Å². The molecular formula is C17H18Cl2O. The molecule has 20 heavy (non-hydrogen) atoms. The highest BCUT2D eigenvalue weighted by Gasteiger charge is 2.11. The minimum absolute atomic E-state index is 0.465. The van der Waals surface area contributed by atoms with Gasteiger partial charge >= 0.3 is 0 Å². The van der Waals surface area contributed by atoms with Crippen LogP contribution >= 0.6 is 23.2 Å². The van der Waals surface area contributed by atoms with Crippen LogP contribution in [0.5, 0.6) is 0 Å². The molecular weight excluding hydrogens is 291 g/mol. The van der Waals surface area contributed by atoms with Gasteiger partial charge in [0.2, 0.25) is 0 Å². The average Bonchev–Trinajstić information content (AvgIpc) is 2.39. The number of rotatable bonds is 4. The summed E-state index contributed by atoms with van der Waals surface area (Å²) in [7, 11) is 0. The van der Waals surface area contributed by atoms with Gasteiger partial charge in [0.05, 0.1) is 16.1 Å². The fourth-order valence-corrected chi connectivity index (χ4v) is 2.63. The lowest BCUT2D eigenvalue weighted by Crippen LogP contribution is -2.14. The summed E-state index contributed by atoms with van der Waals surface area (Å²) in [5.74, 6) is 0. The third-order valence-electron chi connectivity index (χ3n) is 3.53. The summed E-state index contributed by atoms with van der Waals surface area (Å²) in [6, 6.07) is 11.8. The van der Waals surface area contributed by atoms with Crippen molar-refractivity contribution in [1.82, 2.24) is 0 Å². The van der Waals surface area contributed by atoms with Gasteiger partial charge in [0, 0.05) is 6.42 Å². The zero-order valence-electron chi connectivity index (χ0n) is 11.7. The predicted molar refractivity (Wildman–Crippen MR) is 85.8 cm³/mol. The molecule has 0 aliphatic heterocycles. The molecule has 1 N–H and O–H groups in total. The second-order valence-corrected chi connectivity index (χ2v) is 5.98. The van der Waals surface area contributed by atoms with Crippen molar-refractivity contribution < 1.29 is 5.11 Å². The molecule has 106 valence electrons. The quantitative estimate of drug-likeness (QED) is 0.863. The van der Waals surface area contributed by atoms with Crippen molar-refractivity contribution in [1.29, 1.82) is 0 Å². The van der Waals surface area contributed by atoms with Crippen LogP contribution in [0.1, 0.15) is 22.3 Å². The van der Waals surface area contributed by atoms with Gasteiger partial charge in [-0.05, 0) is 48.6 Å². The Morgan fingerprint density at radius 2 is 1.75 bits per heavy atom. The Kier molecular flexibility index (Phi) is 5.09. The van der Waals surface area contributed by atoms with Crippen molar-refractivity contribution in [3.63, 3.8) is 0 Å². The minimum Gasteiger partial charge on any atom is -0.392 e. The third kappa shape index (κ3) is 3.76. The van der Waals surface area contributed by atoms with E-state index in [0.29, 0.717) is 22.9 Å². The number of hydrogen-bond donors (Lipinski definition) is 1. The highest BCUT2D eigenvalue weighted by molar-refractivity contribution is 6.42. The van der Waals surface area contributed by atoms with Crippen LogP contribution < -0.4 is 0 Å². The molecule has 0 saturated heterocycles. The Labute approximate surface area is 130 Å². The summed E-state index contributed by atoms with van der Waals surface area (Å²) >= 11 is 12.1. The number of halogens is 2.